The van der Waals surface area contributed by atoms with Gasteiger partial charge in [-0.3, -0.25) is 9.59 Å². The molecule has 1 N–H and O–H groups in total. The lowest BCUT2D eigenvalue weighted by atomic mass is 10.1. The Hall–Kier alpha value is -1.98. The van der Waals surface area contributed by atoms with E-state index in [0.717, 1.165) is 11.3 Å². The van der Waals surface area contributed by atoms with Crippen LogP contribution in [0.2, 0.25) is 5.02 Å². The molecular weight excluding hydrogens is 428 g/mol. The van der Waals surface area contributed by atoms with Crippen LogP contribution in [0.25, 0.3) is 0 Å². The van der Waals surface area contributed by atoms with Crippen molar-refractivity contribution < 1.29 is 9.59 Å². The number of hydrogen-bond acceptors (Lipinski definition) is 3. The second kappa shape index (κ2) is 11.6. The van der Waals surface area contributed by atoms with Gasteiger partial charge in [0.15, 0.2) is 0 Å². The van der Waals surface area contributed by atoms with Gasteiger partial charge in [0.1, 0.15) is 6.04 Å². The summed E-state index contributed by atoms with van der Waals surface area (Å²) in [5.74, 6) is 0.915. The number of carbonyl (C=O) groups is 2. The van der Waals surface area contributed by atoms with E-state index in [9.17, 15) is 9.59 Å². The first kappa shape index (κ1) is 25.3. The zero-order valence-electron chi connectivity index (χ0n) is 19.1. The molecule has 0 heterocycles. The number of benzene rings is 2. The van der Waals surface area contributed by atoms with Gasteiger partial charge in [0.25, 0.3) is 0 Å². The van der Waals surface area contributed by atoms with Gasteiger partial charge in [0.05, 0.1) is 5.75 Å². The normalized spacial score (nSPS) is 12.3. The smallest absolute Gasteiger partial charge is 0.243 e. The van der Waals surface area contributed by atoms with Gasteiger partial charge in [-0.05, 0) is 57.4 Å². The monoisotopic (exact) mass is 460 g/mol. The van der Waals surface area contributed by atoms with Crippen molar-refractivity contribution in [3.05, 3.63) is 70.2 Å². The summed E-state index contributed by atoms with van der Waals surface area (Å²) in [6.07, 6.45) is 0.545. The first-order chi connectivity index (χ1) is 14.6. The fourth-order valence-electron chi connectivity index (χ4n) is 3.30. The van der Waals surface area contributed by atoms with E-state index in [1.54, 1.807) is 16.7 Å². The van der Waals surface area contributed by atoms with Gasteiger partial charge >= 0.3 is 0 Å². The van der Waals surface area contributed by atoms with E-state index in [0.29, 0.717) is 23.7 Å². The minimum atomic E-state index is -0.526. The molecule has 0 aliphatic heterocycles. The SMILES string of the molecule is CCC(C(=O)NC(C)(C)C)N(Cc1ccc(Cl)cc1)C(=O)CSCc1cccc(C)c1. The zero-order valence-corrected chi connectivity index (χ0v) is 20.6. The van der Waals surface area contributed by atoms with Gasteiger partial charge in [-0.2, -0.15) is 0 Å². The number of thioether (sulfide) groups is 1. The number of amides is 2. The van der Waals surface area contributed by atoms with Crippen molar-refractivity contribution >= 4 is 35.2 Å². The molecule has 0 saturated carbocycles. The molecule has 2 amide bonds. The van der Waals surface area contributed by atoms with Crippen LogP contribution in [0.1, 0.15) is 50.8 Å². The third-order valence-electron chi connectivity index (χ3n) is 4.73. The van der Waals surface area contributed by atoms with Crippen LogP contribution in [0.3, 0.4) is 0 Å². The maximum absolute atomic E-state index is 13.2. The van der Waals surface area contributed by atoms with Crippen molar-refractivity contribution in [1.29, 1.82) is 0 Å². The number of rotatable bonds is 9. The Bertz CT molecular complexity index is 878. The molecule has 0 spiro atoms. The van der Waals surface area contributed by atoms with Crippen LogP contribution in [0.5, 0.6) is 0 Å². The van der Waals surface area contributed by atoms with Gasteiger partial charge in [0, 0.05) is 22.9 Å². The molecule has 0 saturated heterocycles. The molecular formula is C25H33ClN2O2S. The Labute approximate surface area is 195 Å². The highest BCUT2D eigenvalue weighted by Crippen LogP contribution is 2.19. The van der Waals surface area contributed by atoms with Crippen LogP contribution >= 0.6 is 23.4 Å². The molecule has 6 heteroatoms. The van der Waals surface area contributed by atoms with Gasteiger partial charge in [-0.25, -0.2) is 0 Å². The highest BCUT2D eigenvalue weighted by atomic mass is 35.5. The summed E-state index contributed by atoms with van der Waals surface area (Å²) < 4.78 is 0. The Balaban J connectivity index is 2.15. The molecule has 0 aliphatic carbocycles. The molecule has 0 fully saturated rings. The van der Waals surface area contributed by atoms with Crippen molar-refractivity contribution in [2.45, 2.75) is 64.9 Å². The number of nitrogens with zero attached hydrogens (tertiary/aromatic N) is 1. The fraction of sp³-hybridized carbons (Fsp3) is 0.440. The zero-order chi connectivity index (χ0) is 23.0. The maximum Gasteiger partial charge on any atom is 0.243 e. The summed E-state index contributed by atoms with van der Waals surface area (Å²) in [4.78, 5) is 27.9. The van der Waals surface area contributed by atoms with Crippen LogP contribution in [-0.2, 0) is 21.9 Å². The maximum atomic E-state index is 13.2. The second-order valence-corrected chi connectivity index (χ2v) is 10.2. The minimum absolute atomic E-state index is 0.0384. The van der Waals surface area contributed by atoms with E-state index in [-0.39, 0.29) is 17.4 Å². The molecule has 0 aromatic heterocycles. The van der Waals surface area contributed by atoms with Gasteiger partial charge < -0.3 is 10.2 Å². The molecule has 1 atom stereocenters. The van der Waals surface area contributed by atoms with Gasteiger partial charge in [-0.1, -0.05) is 60.5 Å². The van der Waals surface area contributed by atoms with Crippen LogP contribution in [0, 0.1) is 6.92 Å². The largest absolute Gasteiger partial charge is 0.350 e. The summed E-state index contributed by atoms with van der Waals surface area (Å²) in [5.41, 5.74) is 2.99. The van der Waals surface area contributed by atoms with Crippen molar-refractivity contribution in [3.8, 4) is 0 Å². The lowest BCUT2D eigenvalue weighted by molar-refractivity contribution is -0.140. The van der Waals surface area contributed by atoms with E-state index >= 15 is 0 Å². The van der Waals surface area contributed by atoms with Crippen LogP contribution in [0.15, 0.2) is 48.5 Å². The lowest BCUT2D eigenvalue weighted by Crippen LogP contribution is -2.53. The van der Waals surface area contributed by atoms with E-state index in [4.69, 9.17) is 11.6 Å². The van der Waals surface area contributed by atoms with E-state index in [1.165, 1.54) is 11.1 Å². The van der Waals surface area contributed by atoms with Crippen LogP contribution < -0.4 is 5.32 Å². The number of carbonyl (C=O) groups excluding carboxylic acids is 2. The predicted octanol–water partition coefficient (Wildman–Crippen LogP) is 5.60. The van der Waals surface area contributed by atoms with Crippen molar-refractivity contribution in [2.75, 3.05) is 5.75 Å². The molecule has 0 radical (unpaired) electrons. The highest BCUT2D eigenvalue weighted by Gasteiger charge is 2.30. The molecule has 0 aliphatic rings. The molecule has 2 aromatic rings. The average molecular weight is 461 g/mol. The quantitative estimate of drug-likeness (QED) is 0.529. The second-order valence-electron chi connectivity index (χ2n) is 8.79. The summed E-state index contributed by atoms with van der Waals surface area (Å²) in [6, 6.07) is 15.2. The standard InChI is InChI=1S/C25H33ClN2O2S/c1-6-22(24(30)27-25(3,4)5)28(15-19-10-12-21(26)13-11-19)23(29)17-31-16-20-9-7-8-18(2)14-20/h7-14,22H,6,15-17H2,1-5H3,(H,27,30). The van der Waals surface area contributed by atoms with Crippen molar-refractivity contribution in [3.63, 3.8) is 0 Å². The van der Waals surface area contributed by atoms with E-state index < -0.39 is 6.04 Å². The third kappa shape index (κ3) is 8.58. The molecule has 31 heavy (non-hydrogen) atoms. The van der Waals surface area contributed by atoms with E-state index in [2.05, 4.69) is 30.4 Å². The lowest BCUT2D eigenvalue weighted by Gasteiger charge is -2.33. The molecule has 4 nitrogen and oxygen atoms in total. The number of hydrogen-bond donors (Lipinski definition) is 1. The van der Waals surface area contributed by atoms with Crippen LogP contribution in [-0.4, -0.2) is 34.0 Å². The van der Waals surface area contributed by atoms with Crippen LogP contribution in [0.4, 0.5) is 0 Å². The molecule has 0 bridgehead atoms. The third-order valence-corrected chi connectivity index (χ3v) is 5.97. The Morgan fingerprint density at radius 2 is 1.77 bits per heavy atom. The molecule has 2 aromatic carbocycles. The number of aryl methyl sites for hydroxylation is 1. The Morgan fingerprint density at radius 3 is 2.35 bits per heavy atom. The van der Waals surface area contributed by atoms with E-state index in [1.807, 2.05) is 58.0 Å². The van der Waals surface area contributed by atoms with Gasteiger partial charge in [-0.15, -0.1) is 11.8 Å². The Kier molecular flexibility index (Phi) is 9.45. The predicted molar refractivity (Wildman–Crippen MR) is 131 cm³/mol. The highest BCUT2D eigenvalue weighted by molar-refractivity contribution is 7.99. The average Bonchev–Trinajstić information content (AvgIpc) is 2.68. The summed E-state index contributed by atoms with van der Waals surface area (Å²) >= 11 is 7.59. The Morgan fingerprint density at radius 1 is 1.10 bits per heavy atom. The molecule has 1 unspecified atom stereocenters. The summed E-state index contributed by atoms with van der Waals surface area (Å²) in [5, 5.41) is 3.67. The first-order valence-electron chi connectivity index (χ1n) is 10.6. The molecule has 168 valence electrons. The number of nitrogens with one attached hydrogen (secondary N) is 1. The fourth-order valence-corrected chi connectivity index (χ4v) is 4.28. The van der Waals surface area contributed by atoms with Gasteiger partial charge in [0.2, 0.25) is 11.8 Å². The first-order valence-corrected chi connectivity index (χ1v) is 12.1. The minimum Gasteiger partial charge on any atom is -0.350 e. The van der Waals surface area contributed by atoms with Crippen molar-refractivity contribution in [1.82, 2.24) is 10.2 Å². The summed E-state index contributed by atoms with van der Waals surface area (Å²) in [6.45, 7) is 10.2. The summed E-state index contributed by atoms with van der Waals surface area (Å²) in [7, 11) is 0. The molecule has 2 rings (SSSR count). The topological polar surface area (TPSA) is 49.4 Å². The van der Waals surface area contributed by atoms with Crippen molar-refractivity contribution in [2.24, 2.45) is 0 Å². The number of halogens is 1.